The predicted molar refractivity (Wildman–Crippen MR) is 72.7 cm³/mol. The molecule has 1 atom stereocenters. The largest absolute Gasteiger partial charge is 0.374 e. The van der Waals surface area contributed by atoms with E-state index in [0.717, 1.165) is 12.8 Å². The Balaban J connectivity index is 2.86. The molecule has 1 rings (SSSR count). The van der Waals surface area contributed by atoms with Crippen molar-refractivity contribution in [3.05, 3.63) is 29.1 Å². The smallest absolute Gasteiger partial charge is 0.265 e. The van der Waals surface area contributed by atoms with Crippen LogP contribution in [0.25, 0.3) is 0 Å². The van der Waals surface area contributed by atoms with Crippen LogP contribution >= 0.6 is 0 Å². The number of anilines is 1. The molecule has 0 saturated carbocycles. The number of benzene rings is 1. The first-order valence-corrected chi connectivity index (χ1v) is 6.46. The summed E-state index contributed by atoms with van der Waals surface area (Å²) in [4.78, 5) is 11.6. The number of carbonyl (C=O) groups is 1. The van der Waals surface area contributed by atoms with Gasteiger partial charge in [0, 0.05) is 5.69 Å². The zero-order valence-electron chi connectivity index (χ0n) is 11.6. The summed E-state index contributed by atoms with van der Waals surface area (Å²) in [5.41, 5.74) is 3.40. The van der Waals surface area contributed by atoms with Crippen molar-refractivity contribution in [3.63, 3.8) is 0 Å². The molecule has 3 N–H and O–H groups in total. The Bertz CT molecular complexity index is 426. The van der Waals surface area contributed by atoms with Crippen LogP contribution in [-0.2, 0) is 4.79 Å². The molecule has 0 saturated heterocycles. The van der Waals surface area contributed by atoms with E-state index in [1.165, 1.54) is 0 Å². The molecule has 0 heterocycles. The maximum Gasteiger partial charge on any atom is 0.265 e. The Hall–Kier alpha value is -1.62. The number of aryl methyl sites for hydroxylation is 2. The summed E-state index contributed by atoms with van der Waals surface area (Å²) in [6, 6.07) is 2.80. The Morgan fingerprint density at radius 3 is 2.42 bits per heavy atom. The van der Waals surface area contributed by atoms with Gasteiger partial charge in [-0.15, -0.1) is 0 Å². The fourth-order valence-electron chi connectivity index (χ4n) is 1.99. The van der Waals surface area contributed by atoms with E-state index < -0.39 is 11.9 Å². The highest BCUT2D eigenvalue weighted by atomic mass is 19.1. The minimum atomic E-state index is -0.519. The van der Waals surface area contributed by atoms with Crippen molar-refractivity contribution < 1.29 is 14.4 Å². The van der Waals surface area contributed by atoms with Gasteiger partial charge in [-0.2, -0.15) is 0 Å². The number of hydroxylamine groups is 1. The molecular formula is C14H21FN2O2. The van der Waals surface area contributed by atoms with Crippen molar-refractivity contribution in [3.8, 4) is 0 Å². The number of hydrogen-bond acceptors (Lipinski definition) is 3. The van der Waals surface area contributed by atoms with Gasteiger partial charge in [0.05, 0.1) is 0 Å². The van der Waals surface area contributed by atoms with Crippen molar-refractivity contribution in [2.75, 3.05) is 5.32 Å². The third kappa shape index (κ3) is 4.21. The summed E-state index contributed by atoms with van der Waals surface area (Å²) in [5, 5.41) is 11.8. The zero-order valence-corrected chi connectivity index (χ0v) is 11.6. The van der Waals surface area contributed by atoms with Gasteiger partial charge in [-0.3, -0.25) is 10.0 Å². The highest BCUT2D eigenvalue weighted by Gasteiger charge is 2.17. The van der Waals surface area contributed by atoms with Crippen molar-refractivity contribution in [1.29, 1.82) is 0 Å². The van der Waals surface area contributed by atoms with E-state index in [9.17, 15) is 9.18 Å². The summed E-state index contributed by atoms with van der Waals surface area (Å²) in [6.07, 6.45) is 2.43. The van der Waals surface area contributed by atoms with Gasteiger partial charge in [-0.25, -0.2) is 9.87 Å². The first-order chi connectivity index (χ1) is 8.99. The molecule has 5 heteroatoms. The van der Waals surface area contributed by atoms with E-state index in [-0.39, 0.29) is 5.82 Å². The van der Waals surface area contributed by atoms with E-state index >= 15 is 0 Å². The SMILES string of the molecule is CCCCC(Nc1cc(C)c(F)c(C)c1)C(=O)NO. The quantitative estimate of drug-likeness (QED) is 0.549. The molecule has 0 radical (unpaired) electrons. The van der Waals surface area contributed by atoms with Crippen LogP contribution in [0.4, 0.5) is 10.1 Å². The summed E-state index contributed by atoms with van der Waals surface area (Å²) < 4.78 is 13.5. The lowest BCUT2D eigenvalue weighted by Crippen LogP contribution is -2.38. The van der Waals surface area contributed by atoms with Crippen LogP contribution in [0.15, 0.2) is 12.1 Å². The molecule has 0 aliphatic heterocycles. The number of carbonyl (C=O) groups excluding carboxylic acids is 1. The third-order valence-corrected chi connectivity index (χ3v) is 3.05. The van der Waals surface area contributed by atoms with Crippen molar-refractivity contribution in [2.45, 2.75) is 46.1 Å². The lowest BCUT2D eigenvalue weighted by atomic mass is 10.1. The first kappa shape index (κ1) is 15.4. The lowest BCUT2D eigenvalue weighted by Gasteiger charge is -2.18. The summed E-state index contributed by atoms with van der Waals surface area (Å²) >= 11 is 0. The normalized spacial score (nSPS) is 12.1. The maximum absolute atomic E-state index is 13.5. The summed E-state index contributed by atoms with van der Waals surface area (Å²) in [7, 11) is 0. The number of unbranched alkanes of at least 4 members (excludes halogenated alkanes) is 1. The molecule has 0 spiro atoms. The standard InChI is InChI=1S/C14H21FN2O2/c1-4-5-6-12(14(18)17-19)16-11-7-9(2)13(15)10(3)8-11/h7-8,12,16,19H,4-6H2,1-3H3,(H,17,18). The molecule has 0 aromatic heterocycles. The summed E-state index contributed by atoms with van der Waals surface area (Å²) in [6.45, 7) is 5.39. The monoisotopic (exact) mass is 268 g/mol. The van der Waals surface area contributed by atoms with Crippen LogP contribution in [-0.4, -0.2) is 17.2 Å². The molecule has 19 heavy (non-hydrogen) atoms. The van der Waals surface area contributed by atoms with Gasteiger partial charge in [0.2, 0.25) is 0 Å². The minimum absolute atomic E-state index is 0.234. The molecule has 106 valence electrons. The van der Waals surface area contributed by atoms with E-state index in [0.29, 0.717) is 23.2 Å². The van der Waals surface area contributed by atoms with Gasteiger partial charge < -0.3 is 5.32 Å². The minimum Gasteiger partial charge on any atom is -0.374 e. The Morgan fingerprint density at radius 1 is 1.37 bits per heavy atom. The molecular weight excluding hydrogens is 247 g/mol. The number of amides is 1. The van der Waals surface area contributed by atoms with Crippen LogP contribution in [0.2, 0.25) is 0 Å². The van der Waals surface area contributed by atoms with Crippen LogP contribution in [0.3, 0.4) is 0 Å². The molecule has 1 amide bonds. The van der Waals surface area contributed by atoms with Crippen LogP contribution in [0.1, 0.15) is 37.3 Å². The van der Waals surface area contributed by atoms with Crippen molar-refractivity contribution in [2.24, 2.45) is 0 Å². The van der Waals surface area contributed by atoms with Crippen LogP contribution < -0.4 is 10.8 Å². The van der Waals surface area contributed by atoms with Gasteiger partial charge in [0.15, 0.2) is 0 Å². The van der Waals surface area contributed by atoms with Crippen molar-refractivity contribution in [1.82, 2.24) is 5.48 Å². The highest BCUT2D eigenvalue weighted by molar-refractivity contribution is 5.83. The summed E-state index contributed by atoms with van der Waals surface area (Å²) in [5.74, 6) is -0.713. The maximum atomic E-state index is 13.5. The fraction of sp³-hybridized carbons (Fsp3) is 0.500. The topological polar surface area (TPSA) is 61.4 Å². The molecule has 1 unspecified atom stereocenters. The number of nitrogens with one attached hydrogen (secondary N) is 2. The van der Waals surface area contributed by atoms with Crippen molar-refractivity contribution >= 4 is 11.6 Å². The second-order valence-corrected chi connectivity index (χ2v) is 4.74. The van der Waals surface area contributed by atoms with Gasteiger partial charge in [-0.1, -0.05) is 19.8 Å². The van der Waals surface area contributed by atoms with Crippen LogP contribution in [0, 0.1) is 19.7 Å². The number of hydrogen-bond donors (Lipinski definition) is 3. The Labute approximate surface area is 113 Å². The number of halogens is 1. The second-order valence-electron chi connectivity index (χ2n) is 4.74. The van der Waals surface area contributed by atoms with Crippen LogP contribution in [0.5, 0.6) is 0 Å². The molecule has 0 aliphatic carbocycles. The van der Waals surface area contributed by atoms with E-state index in [1.807, 2.05) is 6.92 Å². The average molecular weight is 268 g/mol. The average Bonchev–Trinajstić information content (AvgIpc) is 2.39. The van der Waals surface area contributed by atoms with Gasteiger partial charge >= 0.3 is 0 Å². The second kappa shape index (κ2) is 7.09. The Morgan fingerprint density at radius 2 is 1.95 bits per heavy atom. The van der Waals surface area contributed by atoms with E-state index in [1.54, 1.807) is 31.5 Å². The number of rotatable bonds is 6. The molecule has 1 aromatic rings. The first-order valence-electron chi connectivity index (χ1n) is 6.46. The van der Waals surface area contributed by atoms with Gasteiger partial charge in [0.25, 0.3) is 5.91 Å². The van der Waals surface area contributed by atoms with E-state index in [4.69, 9.17) is 5.21 Å². The highest BCUT2D eigenvalue weighted by Crippen LogP contribution is 2.20. The third-order valence-electron chi connectivity index (χ3n) is 3.05. The molecule has 4 nitrogen and oxygen atoms in total. The molecule has 0 aliphatic rings. The van der Waals surface area contributed by atoms with E-state index in [2.05, 4.69) is 5.32 Å². The predicted octanol–water partition coefficient (Wildman–Crippen LogP) is 2.92. The lowest BCUT2D eigenvalue weighted by molar-refractivity contribution is -0.130. The van der Waals surface area contributed by atoms with Gasteiger partial charge in [-0.05, 0) is 43.5 Å². The fourth-order valence-corrected chi connectivity index (χ4v) is 1.99. The zero-order chi connectivity index (χ0) is 14.4. The molecule has 0 bridgehead atoms. The Kier molecular flexibility index (Phi) is 5.76. The molecule has 0 fully saturated rings. The van der Waals surface area contributed by atoms with Gasteiger partial charge in [0.1, 0.15) is 11.9 Å². The molecule has 1 aromatic carbocycles.